The molecule has 2 aromatic carbocycles. The number of furan rings is 1. The van der Waals surface area contributed by atoms with E-state index in [0.717, 1.165) is 5.56 Å². The number of carbonyl (C=O) groups excluding carboxylic acids is 1. The first kappa shape index (κ1) is 17.1. The number of ether oxygens (including phenoxy) is 2. The maximum absolute atomic E-state index is 12.7. The van der Waals surface area contributed by atoms with Gasteiger partial charge in [0.15, 0.2) is 17.1 Å². The Labute approximate surface area is 149 Å². The first-order valence-corrected chi connectivity index (χ1v) is 7.67. The Balaban J connectivity index is 2.05. The zero-order chi connectivity index (χ0) is 18.7. The molecule has 0 radical (unpaired) electrons. The average molecular weight is 349 g/mol. The number of methoxy groups -OCH3 is 2. The Morgan fingerprint density at radius 1 is 1.15 bits per heavy atom. The molecule has 0 spiro atoms. The normalized spacial score (nSPS) is 10.8. The van der Waals surface area contributed by atoms with Gasteiger partial charge in [-0.3, -0.25) is 4.79 Å². The number of phenols is 1. The molecule has 26 heavy (non-hydrogen) atoms. The number of aromatic hydroxyl groups is 1. The fourth-order valence-electron chi connectivity index (χ4n) is 2.68. The highest BCUT2D eigenvalue weighted by Crippen LogP contribution is 2.45. The molecule has 0 amide bonds. The van der Waals surface area contributed by atoms with Gasteiger partial charge in [-0.05, 0) is 29.8 Å². The molecule has 0 saturated heterocycles. The molecule has 1 heterocycles. The molecule has 0 fully saturated rings. The van der Waals surface area contributed by atoms with Gasteiger partial charge in [-0.25, -0.2) is 0 Å². The highest BCUT2D eigenvalue weighted by atomic mass is 16.5. The van der Waals surface area contributed by atoms with Crippen molar-refractivity contribution in [1.82, 2.24) is 0 Å². The van der Waals surface area contributed by atoms with Gasteiger partial charge in [-0.1, -0.05) is 18.2 Å². The fourth-order valence-corrected chi connectivity index (χ4v) is 2.68. The molecule has 3 rings (SSSR count). The summed E-state index contributed by atoms with van der Waals surface area (Å²) in [5, 5.41) is 19.8. The third kappa shape index (κ3) is 2.87. The molecule has 3 aromatic rings. The van der Waals surface area contributed by atoms with E-state index in [1.807, 2.05) is 6.07 Å². The summed E-state index contributed by atoms with van der Waals surface area (Å²) < 4.78 is 15.9. The lowest BCUT2D eigenvalue weighted by atomic mass is 10.0. The van der Waals surface area contributed by atoms with E-state index < -0.39 is 5.78 Å². The number of hydrogen-bond donors (Lipinski definition) is 1. The topological polar surface area (TPSA) is 92.7 Å². The molecular weight excluding hydrogens is 334 g/mol. The Morgan fingerprint density at radius 3 is 2.46 bits per heavy atom. The number of fused-ring (bicyclic) bond motifs is 1. The van der Waals surface area contributed by atoms with Crippen molar-refractivity contribution in [1.29, 1.82) is 5.26 Å². The lowest BCUT2D eigenvalue weighted by molar-refractivity contribution is 0.104. The smallest absolute Gasteiger partial charge is 0.205 e. The Morgan fingerprint density at radius 2 is 1.85 bits per heavy atom. The second-order valence-corrected chi connectivity index (χ2v) is 5.38. The molecule has 0 bridgehead atoms. The van der Waals surface area contributed by atoms with Crippen molar-refractivity contribution >= 4 is 22.8 Å². The Kier molecular flexibility index (Phi) is 4.63. The third-order valence-electron chi connectivity index (χ3n) is 3.92. The van der Waals surface area contributed by atoms with Crippen LogP contribution in [0.1, 0.15) is 21.5 Å². The predicted octanol–water partition coefficient (Wildman–Crippen LogP) is 3.92. The second-order valence-electron chi connectivity index (χ2n) is 5.38. The molecule has 1 aromatic heterocycles. The molecule has 6 nitrogen and oxygen atoms in total. The molecule has 0 aliphatic carbocycles. The number of rotatable bonds is 5. The maximum atomic E-state index is 12.7. The Hall–Kier alpha value is -3.72. The van der Waals surface area contributed by atoms with Crippen LogP contribution < -0.4 is 9.47 Å². The summed E-state index contributed by atoms with van der Waals surface area (Å²) in [5.74, 6) is -0.520. The van der Waals surface area contributed by atoms with Gasteiger partial charge in [0.25, 0.3) is 0 Å². The maximum Gasteiger partial charge on any atom is 0.205 e. The number of benzene rings is 2. The van der Waals surface area contributed by atoms with E-state index in [2.05, 4.69) is 0 Å². The van der Waals surface area contributed by atoms with Crippen molar-refractivity contribution in [2.45, 2.75) is 0 Å². The van der Waals surface area contributed by atoms with Crippen molar-refractivity contribution in [3.05, 3.63) is 59.4 Å². The van der Waals surface area contributed by atoms with Gasteiger partial charge < -0.3 is 19.0 Å². The quantitative estimate of drug-likeness (QED) is 0.554. The van der Waals surface area contributed by atoms with Crippen LogP contribution in [0.2, 0.25) is 0 Å². The first-order valence-electron chi connectivity index (χ1n) is 7.67. The van der Waals surface area contributed by atoms with Crippen molar-refractivity contribution in [3.63, 3.8) is 0 Å². The summed E-state index contributed by atoms with van der Waals surface area (Å²) in [7, 11) is 2.79. The number of allylic oxidation sites excluding steroid dienone is 1. The van der Waals surface area contributed by atoms with Crippen LogP contribution in [-0.4, -0.2) is 25.1 Å². The minimum atomic E-state index is -0.454. The predicted molar refractivity (Wildman–Crippen MR) is 95.5 cm³/mol. The van der Waals surface area contributed by atoms with Gasteiger partial charge in [0, 0.05) is 0 Å². The standard InChI is InChI=1S/C20H15NO5/c1-24-18-14-9-10-26-19(14)20(25-2)17(23)16(18)15(22)8-7-12-3-5-13(11-21)6-4-12/h3-10,23H,1-2H3/b8-7+. The summed E-state index contributed by atoms with van der Waals surface area (Å²) in [5.41, 5.74) is 1.56. The van der Waals surface area contributed by atoms with Crippen LogP contribution in [0.3, 0.4) is 0 Å². The lowest BCUT2D eigenvalue weighted by Crippen LogP contribution is -2.02. The summed E-state index contributed by atoms with van der Waals surface area (Å²) in [4.78, 5) is 12.7. The van der Waals surface area contributed by atoms with E-state index in [9.17, 15) is 9.90 Å². The highest BCUT2D eigenvalue weighted by molar-refractivity contribution is 6.15. The molecule has 0 aliphatic rings. The van der Waals surface area contributed by atoms with E-state index in [4.69, 9.17) is 19.2 Å². The van der Waals surface area contributed by atoms with Crippen molar-refractivity contribution < 1.29 is 23.8 Å². The highest BCUT2D eigenvalue weighted by Gasteiger charge is 2.26. The van der Waals surface area contributed by atoms with Gasteiger partial charge in [0.2, 0.25) is 5.75 Å². The zero-order valence-electron chi connectivity index (χ0n) is 14.1. The van der Waals surface area contributed by atoms with Gasteiger partial charge in [-0.15, -0.1) is 0 Å². The van der Waals surface area contributed by atoms with E-state index in [1.165, 1.54) is 26.6 Å². The lowest BCUT2D eigenvalue weighted by Gasteiger charge is -2.13. The number of phenolic OH excluding ortho intramolecular Hbond substituents is 1. The van der Waals surface area contributed by atoms with Crippen LogP contribution in [0, 0.1) is 11.3 Å². The monoisotopic (exact) mass is 349 g/mol. The van der Waals surface area contributed by atoms with Crippen LogP contribution in [-0.2, 0) is 0 Å². The third-order valence-corrected chi connectivity index (χ3v) is 3.92. The average Bonchev–Trinajstić information content (AvgIpc) is 3.14. The number of ketones is 1. The molecule has 0 saturated carbocycles. The zero-order valence-corrected chi connectivity index (χ0v) is 14.1. The van der Waals surface area contributed by atoms with Crippen LogP contribution in [0.25, 0.3) is 17.0 Å². The molecule has 0 aliphatic heterocycles. The van der Waals surface area contributed by atoms with Crippen LogP contribution in [0.15, 0.2) is 47.1 Å². The van der Waals surface area contributed by atoms with Crippen LogP contribution >= 0.6 is 0 Å². The molecule has 0 atom stereocenters. The van der Waals surface area contributed by atoms with Gasteiger partial charge in [-0.2, -0.15) is 5.26 Å². The first-order chi connectivity index (χ1) is 12.6. The fraction of sp³-hybridized carbons (Fsp3) is 0.100. The minimum absolute atomic E-state index is 0.0110. The van der Waals surface area contributed by atoms with Crippen molar-refractivity contribution in [2.24, 2.45) is 0 Å². The van der Waals surface area contributed by atoms with E-state index in [-0.39, 0.29) is 22.8 Å². The number of nitriles is 1. The summed E-state index contributed by atoms with van der Waals surface area (Å²) in [6, 6.07) is 10.4. The largest absolute Gasteiger partial charge is 0.504 e. The van der Waals surface area contributed by atoms with Crippen LogP contribution in [0.4, 0.5) is 0 Å². The Bertz CT molecular complexity index is 1040. The van der Waals surface area contributed by atoms with Crippen molar-refractivity contribution in [3.8, 4) is 23.3 Å². The van der Waals surface area contributed by atoms with Crippen molar-refractivity contribution in [2.75, 3.05) is 14.2 Å². The summed E-state index contributed by atoms with van der Waals surface area (Å²) in [6.45, 7) is 0. The van der Waals surface area contributed by atoms with Gasteiger partial charge >= 0.3 is 0 Å². The van der Waals surface area contributed by atoms with E-state index in [1.54, 1.807) is 36.4 Å². The SMILES string of the molecule is COc1c(C(=O)/C=C/c2ccc(C#N)cc2)c(O)c(OC)c2occc12. The summed E-state index contributed by atoms with van der Waals surface area (Å²) >= 11 is 0. The van der Waals surface area contributed by atoms with Gasteiger partial charge in [0.1, 0.15) is 11.3 Å². The number of nitrogens with zero attached hydrogens (tertiary/aromatic N) is 1. The molecule has 1 N–H and O–H groups in total. The van der Waals surface area contributed by atoms with Crippen LogP contribution in [0.5, 0.6) is 17.2 Å². The number of carbonyl (C=O) groups is 1. The minimum Gasteiger partial charge on any atom is -0.504 e. The second kappa shape index (κ2) is 7.03. The summed E-state index contributed by atoms with van der Waals surface area (Å²) in [6.07, 6.45) is 4.34. The molecular formula is C20H15NO5. The molecule has 6 heteroatoms. The molecule has 130 valence electrons. The van der Waals surface area contributed by atoms with E-state index in [0.29, 0.717) is 16.5 Å². The molecule has 0 unspecified atom stereocenters. The van der Waals surface area contributed by atoms with E-state index >= 15 is 0 Å². The number of hydrogen-bond acceptors (Lipinski definition) is 6. The van der Waals surface area contributed by atoms with Gasteiger partial charge in [0.05, 0.1) is 37.5 Å².